The van der Waals surface area contributed by atoms with Gasteiger partial charge in [-0.25, -0.2) is 0 Å². The summed E-state index contributed by atoms with van der Waals surface area (Å²) in [5, 5.41) is 22.7. The maximum absolute atomic E-state index is 13.6. The minimum Gasteiger partial charge on any atom is -0.507 e. The fourth-order valence-corrected chi connectivity index (χ4v) is 7.06. The molecule has 0 saturated heterocycles. The highest BCUT2D eigenvalue weighted by molar-refractivity contribution is 6.42. The summed E-state index contributed by atoms with van der Waals surface area (Å²) >= 11 is 0. The van der Waals surface area contributed by atoms with E-state index >= 15 is 0 Å². The van der Waals surface area contributed by atoms with E-state index in [0.29, 0.717) is 5.75 Å². The number of ketones is 1. The van der Waals surface area contributed by atoms with Gasteiger partial charge in [0.25, 0.3) is 0 Å². The van der Waals surface area contributed by atoms with Crippen LogP contribution >= 0.6 is 0 Å². The molecule has 7 aromatic carbocycles. The molecule has 36 heavy (non-hydrogen) atoms. The molecule has 0 aliphatic heterocycles. The maximum atomic E-state index is 13.6. The van der Waals surface area contributed by atoms with Crippen molar-refractivity contribution in [3.63, 3.8) is 0 Å². The average Bonchev–Trinajstić information content (AvgIpc) is 2.93. The molecule has 1 N–H and O–H groups in total. The fourth-order valence-electron chi connectivity index (χ4n) is 7.06. The van der Waals surface area contributed by atoms with E-state index in [4.69, 9.17) is 0 Å². The molecule has 166 valence electrons. The molecule has 0 saturated carbocycles. The van der Waals surface area contributed by atoms with E-state index < -0.39 is 0 Å². The van der Waals surface area contributed by atoms with E-state index in [1.165, 1.54) is 32.5 Å². The van der Waals surface area contributed by atoms with E-state index in [1.807, 2.05) is 30.3 Å². The van der Waals surface area contributed by atoms with E-state index in [-0.39, 0.29) is 5.78 Å². The molecule has 0 bridgehead atoms. The number of rotatable bonds is 0. The van der Waals surface area contributed by atoms with Crippen LogP contribution in [0.2, 0.25) is 0 Å². The molecule has 0 amide bonds. The predicted molar refractivity (Wildman–Crippen MR) is 148 cm³/mol. The minimum atomic E-state index is 0.0793. The Morgan fingerprint density at radius 3 is 2.14 bits per heavy atom. The zero-order valence-electron chi connectivity index (χ0n) is 19.2. The number of hydrogen-bond acceptors (Lipinski definition) is 2. The fraction of sp³-hybridized carbons (Fsp3) is 0.0294. The van der Waals surface area contributed by atoms with Gasteiger partial charge in [0.1, 0.15) is 5.75 Å². The number of carbonyl (C=O) groups is 1. The zero-order chi connectivity index (χ0) is 23.7. The first kappa shape index (κ1) is 18.6. The summed E-state index contributed by atoms with van der Waals surface area (Å²) < 4.78 is 0. The zero-order valence-corrected chi connectivity index (χ0v) is 19.2. The highest BCUT2D eigenvalue weighted by Crippen LogP contribution is 2.52. The molecule has 0 spiro atoms. The molecule has 2 aliphatic rings. The van der Waals surface area contributed by atoms with Gasteiger partial charge in [0, 0.05) is 22.1 Å². The molecular weight excluding hydrogens is 440 g/mol. The van der Waals surface area contributed by atoms with Crippen LogP contribution in [0.1, 0.15) is 27.0 Å². The number of fused-ring (bicyclic) bond motifs is 7. The van der Waals surface area contributed by atoms with E-state index in [9.17, 15) is 9.90 Å². The summed E-state index contributed by atoms with van der Waals surface area (Å²) in [5.41, 5.74) is 5.80. The van der Waals surface area contributed by atoms with Gasteiger partial charge in [-0.15, -0.1) is 0 Å². The summed E-state index contributed by atoms with van der Waals surface area (Å²) in [4.78, 5) is 13.6. The van der Waals surface area contributed by atoms with Gasteiger partial charge in [0.05, 0.1) is 0 Å². The van der Waals surface area contributed by atoms with Gasteiger partial charge >= 0.3 is 0 Å². The molecule has 0 radical (unpaired) electrons. The van der Waals surface area contributed by atoms with E-state index in [1.54, 1.807) is 0 Å². The Bertz CT molecular complexity index is 2200. The Hall–Kier alpha value is -4.69. The largest absolute Gasteiger partial charge is 0.507 e. The van der Waals surface area contributed by atoms with Crippen molar-refractivity contribution >= 4 is 65.7 Å². The molecule has 2 heteroatoms. The Kier molecular flexibility index (Phi) is 3.16. The van der Waals surface area contributed by atoms with Crippen LogP contribution in [-0.2, 0) is 6.42 Å². The molecule has 7 aromatic rings. The van der Waals surface area contributed by atoms with E-state index in [2.05, 4.69) is 60.7 Å². The second kappa shape index (κ2) is 6.10. The van der Waals surface area contributed by atoms with Crippen molar-refractivity contribution in [3.05, 3.63) is 107 Å². The van der Waals surface area contributed by atoms with Crippen LogP contribution in [0, 0.1) is 0 Å². The predicted octanol–water partition coefficient (Wildman–Crippen LogP) is 8.38. The van der Waals surface area contributed by atoms with Gasteiger partial charge in [-0.05, 0) is 83.7 Å². The molecule has 0 atom stereocenters. The summed E-state index contributed by atoms with van der Waals surface area (Å²) in [6.07, 6.45) is 5.06. The van der Waals surface area contributed by atoms with Crippen LogP contribution < -0.4 is 0 Å². The molecule has 2 nitrogen and oxygen atoms in total. The smallest absolute Gasteiger partial charge is 0.194 e. The van der Waals surface area contributed by atoms with E-state index in [0.717, 1.165) is 61.2 Å². The third-order valence-corrected chi connectivity index (χ3v) is 8.45. The van der Waals surface area contributed by atoms with Crippen LogP contribution in [0.15, 0.2) is 84.9 Å². The second-order valence-corrected chi connectivity index (χ2v) is 10.1. The molecule has 9 rings (SSSR count). The van der Waals surface area contributed by atoms with Crippen molar-refractivity contribution in [2.45, 2.75) is 6.42 Å². The van der Waals surface area contributed by atoms with Crippen molar-refractivity contribution in [1.82, 2.24) is 0 Å². The van der Waals surface area contributed by atoms with Crippen molar-refractivity contribution in [1.29, 1.82) is 0 Å². The first-order valence-corrected chi connectivity index (χ1v) is 12.4. The molecular formula is C34H18O2. The van der Waals surface area contributed by atoms with Crippen molar-refractivity contribution < 1.29 is 9.90 Å². The number of benzene rings is 7. The summed E-state index contributed by atoms with van der Waals surface area (Å²) in [5.74, 6) is 0.386. The molecule has 2 aliphatic carbocycles. The Labute approximate surface area is 206 Å². The van der Waals surface area contributed by atoms with Crippen molar-refractivity contribution in [2.24, 2.45) is 0 Å². The highest BCUT2D eigenvalue weighted by Gasteiger charge is 2.29. The SMILES string of the molecule is O=C1c2ccccc2-c2ccc3c4cc(O)c5c6c(c7ccccc7c(c7ccc1c2c37)c64)CC=C5. The van der Waals surface area contributed by atoms with Gasteiger partial charge in [-0.1, -0.05) is 78.9 Å². The summed E-state index contributed by atoms with van der Waals surface area (Å²) in [6, 6.07) is 27.0. The first-order valence-electron chi connectivity index (χ1n) is 12.4. The number of carbonyl (C=O) groups excluding carboxylic acids is 1. The molecule has 0 fully saturated rings. The lowest BCUT2D eigenvalue weighted by Gasteiger charge is -2.25. The summed E-state index contributed by atoms with van der Waals surface area (Å²) in [7, 11) is 0. The second-order valence-electron chi connectivity index (χ2n) is 10.1. The van der Waals surface area contributed by atoms with Gasteiger partial charge in [0.2, 0.25) is 0 Å². The molecule has 0 heterocycles. The Morgan fingerprint density at radius 1 is 0.556 bits per heavy atom. The topological polar surface area (TPSA) is 37.3 Å². The lowest BCUT2D eigenvalue weighted by atomic mass is 9.77. The Morgan fingerprint density at radius 2 is 1.25 bits per heavy atom. The third kappa shape index (κ3) is 1.97. The van der Waals surface area contributed by atoms with Crippen molar-refractivity contribution in [2.75, 3.05) is 0 Å². The summed E-state index contributed by atoms with van der Waals surface area (Å²) in [6.45, 7) is 0. The van der Waals surface area contributed by atoms with Crippen LogP contribution in [0.5, 0.6) is 5.75 Å². The first-order chi connectivity index (χ1) is 17.7. The lowest BCUT2D eigenvalue weighted by molar-refractivity contribution is 0.104. The highest BCUT2D eigenvalue weighted by atomic mass is 16.3. The van der Waals surface area contributed by atoms with Gasteiger partial charge in [-0.2, -0.15) is 0 Å². The lowest BCUT2D eigenvalue weighted by Crippen LogP contribution is -2.10. The third-order valence-electron chi connectivity index (χ3n) is 8.45. The molecule has 0 aromatic heterocycles. The normalized spacial score (nSPS) is 14.1. The van der Waals surface area contributed by atoms with Gasteiger partial charge < -0.3 is 5.11 Å². The number of aromatic hydroxyl groups is 1. The number of phenolic OH excluding ortho intramolecular Hbond substituents is 1. The van der Waals surface area contributed by atoms with Crippen molar-refractivity contribution in [3.8, 4) is 16.9 Å². The van der Waals surface area contributed by atoms with Crippen LogP contribution in [-0.4, -0.2) is 10.9 Å². The maximum Gasteiger partial charge on any atom is 0.194 e. The van der Waals surface area contributed by atoms with Crippen LogP contribution in [0.25, 0.3) is 71.1 Å². The van der Waals surface area contributed by atoms with Crippen LogP contribution in [0.3, 0.4) is 0 Å². The standard InChI is InChI=1S/C34H18O2/c35-28-16-27-22-13-12-21-18-7-2-4-9-23(18)34(36)26-15-14-25(30(22)32(21)26)31-19-8-3-1-6-17(19)20-10-5-11-24(28)29(20)33(27)31/h1-9,11-16,35H,10H2. The van der Waals surface area contributed by atoms with Gasteiger partial charge in [-0.3, -0.25) is 4.79 Å². The minimum absolute atomic E-state index is 0.0793. The number of allylic oxidation sites excluding steroid dienone is 1. The monoisotopic (exact) mass is 458 g/mol. The number of phenols is 1. The molecule has 0 unspecified atom stereocenters. The Balaban J connectivity index is 1.65. The average molecular weight is 459 g/mol. The quantitative estimate of drug-likeness (QED) is 0.183. The van der Waals surface area contributed by atoms with Gasteiger partial charge in [0.15, 0.2) is 5.78 Å². The van der Waals surface area contributed by atoms with Crippen LogP contribution in [0.4, 0.5) is 0 Å². The number of hydrogen-bond donors (Lipinski definition) is 1.